The number of carbonyl (C=O) groups is 2. The van der Waals surface area contributed by atoms with Gasteiger partial charge in [0.2, 0.25) is 0 Å². The highest BCUT2D eigenvalue weighted by molar-refractivity contribution is 5.74. The van der Waals surface area contributed by atoms with Crippen molar-refractivity contribution in [2.45, 2.75) is 51.1 Å². The molecule has 0 aromatic carbocycles. The second-order valence-electron chi connectivity index (χ2n) is 7.70. The molecule has 1 heterocycles. The zero-order valence-corrected chi connectivity index (χ0v) is 15.2. The Morgan fingerprint density at radius 3 is 2.64 bits per heavy atom. The van der Waals surface area contributed by atoms with Gasteiger partial charge in [0.15, 0.2) is 0 Å². The molecule has 0 aromatic heterocycles. The number of urea groups is 1. The van der Waals surface area contributed by atoms with Crippen LogP contribution in [0.2, 0.25) is 0 Å². The third-order valence-electron chi connectivity index (χ3n) is 6.10. The van der Waals surface area contributed by atoms with Gasteiger partial charge in [-0.2, -0.15) is 0 Å². The fraction of sp³-hybridized carbons (Fsp3) is 0.889. The van der Waals surface area contributed by atoms with Crippen molar-refractivity contribution in [1.82, 2.24) is 15.1 Å². The predicted octanol–water partition coefficient (Wildman–Crippen LogP) is 1.38. The normalized spacial score (nSPS) is 30.3. The van der Waals surface area contributed by atoms with Gasteiger partial charge < -0.3 is 20.1 Å². The minimum atomic E-state index is -0.791. The smallest absolute Gasteiger partial charge is 0.317 e. The highest BCUT2D eigenvalue weighted by atomic mass is 16.5. The highest BCUT2D eigenvalue weighted by Gasteiger charge is 2.37. The van der Waals surface area contributed by atoms with Gasteiger partial charge in [-0.1, -0.05) is 26.2 Å². The van der Waals surface area contributed by atoms with Crippen molar-refractivity contribution in [2.75, 3.05) is 39.4 Å². The molecule has 1 saturated heterocycles. The van der Waals surface area contributed by atoms with Crippen LogP contribution in [-0.2, 0) is 9.53 Å². The molecule has 2 N–H and O–H groups in total. The fourth-order valence-corrected chi connectivity index (χ4v) is 4.16. The summed E-state index contributed by atoms with van der Waals surface area (Å²) >= 11 is 0. The first-order valence-corrected chi connectivity index (χ1v) is 9.65. The first-order chi connectivity index (χ1) is 12.1. The number of carboxylic acid groups (broad SMARTS) is 1. The number of hydrogen-bond donors (Lipinski definition) is 2. The monoisotopic (exact) mass is 353 g/mol. The lowest BCUT2D eigenvalue weighted by molar-refractivity contribution is -0.139. The Labute approximate surface area is 149 Å². The minimum absolute atomic E-state index is 0.0135. The number of amides is 2. The zero-order chi connectivity index (χ0) is 17.8. The fourth-order valence-electron chi connectivity index (χ4n) is 4.16. The quantitative estimate of drug-likeness (QED) is 0.754. The van der Waals surface area contributed by atoms with Crippen molar-refractivity contribution in [3.8, 4) is 0 Å². The van der Waals surface area contributed by atoms with Gasteiger partial charge >= 0.3 is 12.0 Å². The molecule has 7 heteroatoms. The Morgan fingerprint density at radius 1 is 1.28 bits per heavy atom. The van der Waals surface area contributed by atoms with Crippen LogP contribution in [-0.4, -0.2) is 78.4 Å². The SMILES string of the molecule is CCN(CC(=O)O)C1CC(NC(=O)N2CCOCC(C3CCC3)C2)C1. The largest absolute Gasteiger partial charge is 0.480 e. The summed E-state index contributed by atoms with van der Waals surface area (Å²) in [7, 11) is 0. The standard InChI is InChI=1S/C18H31N3O4/c1-2-20(11-17(22)23)16-8-15(9-16)19-18(24)21-6-7-25-12-14(10-21)13-4-3-5-13/h13-16H,2-12H2,1H3,(H,19,24)(H,22,23). The Bertz CT molecular complexity index is 477. The Kier molecular flexibility index (Phi) is 6.17. The van der Waals surface area contributed by atoms with Gasteiger partial charge in [0.05, 0.1) is 19.8 Å². The maximum atomic E-state index is 12.6. The van der Waals surface area contributed by atoms with Crippen LogP contribution >= 0.6 is 0 Å². The van der Waals surface area contributed by atoms with E-state index in [2.05, 4.69) is 5.32 Å². The Morgan fingerprint density at radius 2 is 2.04 bits per heavy atom. The van der Waals surface area contributed by atoms with E-state index in [4.69, 9.17) is 9.84 Å². The summed E-state index contributed by atoms with van der Waals surface area (Å²) in [6.45, 7) is 5.63. The van der Waals surface area contributed by atoms with E-state index in [-0.39, 0.29) is 24.7 Å². The molecule has 2 amide bonds. The minimum Gasteiger partial charge on any atom is -0.480 e. The molecule has 2 saturated carbocycles. The van der Waals surface area contributed by atoms with E-state index in [1.165, 1.54) is 19.3 Å². The summed E-state index contributed by atoms with van der Waals surface area (Å²) in [6, 6.07) is 0.438. The van der Waals surface area contributed by atoms with Gasteiger partial charge in [-0.15, -0.1) is 0 Å². The topological polar surface area (TPSA) is 82.1 Å². The molecule has 3 rings (SSSR count). The number of carboxylic acids is 1. The molecule has 0 aromatic rings. The summed E-state index contributed by atoms with van der Waals surface area (Å²) in [6.07, 6.45) is 5.52. The lowest BCUT2D eigenvalue weighted by atomic mass is 9.76. The molecular formula is C18H31N3O4. The first-order valence-electron chi connectivity index (χ1n) is 9.65. The number of rotatable bonds is 6. The number of nitrogens with zero attached hydrogens (tertiary/aromatic N) is 2. The van der Waals surface area contributed by atoms with Gasteiger partial charge in [0.1, 0.15) is 0 Å². The van der Waals surface area contributed by atoms with Crippen LogP contribution in [0.1, 0.15) is 39.0 Å². The van der Waals surface area contributed by atoms with Crippen molar-refractivity contribution in [3.63, 3.8) is 0 Å². The highest BCUT2D eigenvalue weighted by Crippen LogP contribution is 2.35. The molecule has 1 unspecified atom stereocenters. The summed E-state index contributed by atoms with van der Waals surface area (Å²) in [5, 5.41) is 12.1. The lowest BCUT2D eigenvalue weighted by Gasteiger charge is -2.43. The number of ether oxygens (including phenoxy) is 1. The van der Waals surface area contributed by atoms with Crippen molar-refractivity contribution < 1.29 is 19.4 Å². The number of carbonyl (C=O) groups excluding carboxylic acids is 1. The first kappa shape index (κ1) is 18.5. The number of hydrogen-bond acceptors (Lipinski definition) is 4. The molecule has 3 aliphatic rings. The molecule has 1 atom stereocenters. The van der Waals surface area contributed by atoms with Crippen molar-refractivity contribution in [1.29, 1.82) is 0 Å². The molecule has 2 aliphatic carbocycles. The second kappa shape index (κ2) is 8.36. The predicted molar refractivity (Wildman–Crippen MR) is 93.4 cm³/mol. The van der Waals surface area contributed by atoms with Gasteiger partial charge in [-0.3, -0.25) is 9.69 Å². The average molecular weight is 353 g/mol. The Balaban J connectivity index is 1.43. The molecule has 3 fully saturated rings. The number of likely N-dealkylation sites (N-methyl/N-ethyl adjacent to an activating group) is 1. The van der Waals surface area contributed by atoms with Crippen LogP contribution in [0.3, 0.4) is 0 Å². The average Bonchev–Trinajstić information content (AvgIpc) is 2.72. The van der Waals surface area contributed by atoms with E-state index < -0.39 is 5.97 Å². The summed E-state index contributed by atoms with van der Waals surface area (Å²) in [5.74, 6) is 0.402. The third-order valence-corrected chi connectivity index (χ3v) is 6.10. The Hall–Kier alpha value is -1.34. The van der Waals surface area contributed by atoms with Crippen molar-refractivity contribution in [2.24, 2.45) is 11.8 Å². The van der Waals surface area contributed by atoms with Crippen molar-refractivity contribution >= 4 is 12.0 Å². The molecule has 7 nitrogen and oxygen atoms in total. The van der Waals surface area contributed by atoms with Gasteiger partial charge in [-0.25, -0.2) is 4.79 Å². The number of nitrogens with one attached hydrogen (secondary N) is 1. The van der Waals surface area contributed by atoms with Crippen LogP contribution in [0.4, 0.5) is 4.79 Å². The summed E-state index contributed by atoms with van der Waals surface area (Å²) in [4.78, 5) is 27.4. The maximum absolute atomic E-state index is 12.6. The maximum Gasteiger partial charge on any atom is 0.317 e. The van der Waals surface area contributed by atoms with E-state index in [0.717, 1.165) is 38.5 Å². The molecule has 0 bridgehead atoms. The van der Waals surface area contributed by atoms with Gasteiger partial charge in [0.25, 0.3) is 0 Å². The van der Waals surface area contributed by atoms with Gasteiger partial charge in [0, 0.05) is 31.1 Å². The van der Waals surface area contributed by atoms with Crippen LogP contribution < -0.4 is 5.32 Å². The van der Waals surface area contributed by atoms with Crippen LogP contribution in [0.25, 0.3) is 0 Å². The van der Waals surface area contributed by atoms with Crippen molar-refractivity contribution in [3.05, 3.63) is 0 Å². The third kappa shape index (κ3) is 4.64. The van der Waals surface area contributed by atoms with Crippen LogP contribution in [0.15, 0.2) is 0 Å². The summed E-state index contributed by atoms with van der Waals surface area (Å²) < 4.78 is 5.71. The van der Waals surface area contributed by atoms with Crippen LogP contribution in [0, 0.1) is 11.8 Å². The summed E-state index contributed by atoms with van der Waals surface area (Å²) in [5.41, 5.74) is 0. The lowest BCUT2D eigenvalue weighted by Crippen LogP contribution is -2.57. The second-order valence-corrected chi connectivity index (χ2v) is 7.70. The molecular weight excluding hydrogens is 322 g/mol. The van der Waals surface area contributed by atoms with E-state index in [9.17, 15) is 9.59 Å². The van der Waals surface area contributed by atoms with E-state index in [0.29, 0.717) is 19.1 Å². The molecule has 0 radical (unpaired) electrons. The van der Waals surface area contributed by atoms with E-state index >= 15 is 0 Å². The molecule has 142 valence electrons. The molecule has 0 spiro atoms. The molecule has 1 aliphatic heterocycles. The number of aliphatic carboxylic acids is 1. The van der Waals surface area contributed by atoms with E-state index in [1.807, 2.05) is 16.7 Å². The molecule has 25 heavy (non-hydrogen) atoms. The van der Waals surface area contributed by atoms with Gasteiger partial charge in [-0.05, 0) is 25.3 Å². The van der Waals surface area contributed by atoms with E-state index in [1.54, 1.807) is 0 Å². The zero-order valence-electron chi connectivity index (χ0n) is 15.2. The van der Waals surface area contributed by atoms with Crippen LogP contribution in [0.5, 0.6) is 0 Å².